The Bertz CT molecular complexity index is 790. The van der Waals surface area contributed by atoms with Gasteiger partial charge in [-0.1, -0.05) is 31.7 Å². The lowest BCUT2D eigenvalue weighted by Crippen LogP contribution is -2.29. The topological polar surface area (TPSA) is 54.3 Å². The van der Waals surface area contributed by atoms with Crippen LogP contribution in [0.15, 0.2) is 24.4 Å². The van der Waals surface area contributed by atoms with Crippen molar-refractivity contribution in [3.05, 3.63) is 35.5 Å². The van der Waals surface area contributed by atoms with Crippen LogP contribution in [-0.2, 0) is 12.7 Å². The molecule has 1 fully saturated rings. The molecule has 1 saturated carbocycles. The first-order valence-electron chi connectivity index (χ1n) is 9.50. The van der Waals surface area contributed by atoms with E-state index < -0.39 is 17.6 Å². The van der Waals surface area contributed by atoms with E-state index in [-0.39, 0.29) is 24.1 Å². The highest BCUT2D eigenvalue weighted by atomic mass is 19.4. The molecule has 1 aromatic heterocycles. The van der Waals surface area contributed by atoms with Gasteiger partial charge in [0.1, 0.15) is 0 Å². The van der Waals surface area contributed by atoms with Gasteiger partial charge in [-0.25, -0.2) is 0 Å². The summed E-state index contributed by atoms with van der Waals surface area (Å²) in [5.41, 5.74) is -0.505. The van der Waals surface area contributed by atoms with Crippen LogP contribution < -0.4 is 5.32 Å². The number of rotatable bonds is 5. The van der Waals surface area contributed by atoms with Gasteiger partial charge in [0.2, 0.25) is 0 Å². The number of aromatic nitrogens is 1. The fourth-order valence-electron chi connectivity index (χ4n) is 3.95. The van der Waals surface area contributed by atoms with Crippen molar-refractivity contribution in [1.29, 1.82) is 0 Å². The van der Waals surface area contributed by atoms with E-state index in [1.54, 1.807) is 6.07 Å². The summed E-state index contributed by atoms with van der Waals surface area (Å²) in [4.78, 5) is 12.7. The van der Waals surface area contributed by atoms with Gasteiger partial charge in [-0.15, -0.1) is 0 Å². The number of carbonyl (C=O) groups excluding carboxylic acids is 1. The molecule has 2 aromatic rings. The molecule has 7 heteroatoms. The van der Waals surface area contributed by atoms with Crippen molar-refractivity contribution in [3.63, 3.8) is 0 Å². The van der Waals surface area contributed by atoms with Gasteiger partial charge in [-0.3, -0.25) is 4.79 Å². The summed E-state index contributed by atoms with van der Waals surface area (Å²) < 4.78 is 42.0. The second-order valence-corrected chi connectivity index (χ2v) is 7.22. The third kappa shape index (κ3) is 4.46. The first kappa shape index (κ1) is 19.7. The van der Waals surface area contributed by atoms with Gasteiger partial charge in [0.25, 0.3) is 5.91 Å². The number of fused-ring (bicyclic) bond motifs is 1. The summed E-state index contributed by atoms with van der Waals surface area (Å²) in [6.45, 7) is 0.399. The number of carbonyl (C=O) groups is 1. The van der Waals surface area contributed by atoms with E-state index in [1.165, 1.54) is 29.7 Å². The van der Waals surface area contributed by atoms with Crippen molar-refractivity contribution in [2.24, 2.45) is 5.92 Å². The van der Waals surface area contributed by atoms with Crippen LogP contribution >= 0.6 is 0 Å². The standard InChI is InChI=1S/C20H25F3N2O2/c21-20(22,23)16-8-5-9-17-18(16)15(13-25(17)10-11-26)19(27)24-12-14-6-3-1-2-4-7-14/h5,8-9,13-14,26H,1-4,6-7,10-12H2,(H,24,27). The van der Waals surface area contributed by atoms with Crippen LogP contribution in [0.3, 0.4) is 0 Å². The molecule has 1 amide bonds. The van der Waals surface area contributed by atoms with Crippen LogP contribution in [0, 0.1) is 5.92 Å². The molecule has 0 unspecified atom stereocenters. The average Bonchev–Trinajstić information content (AvgIpc) is 2.80. The number of benzene rings is 1. The first-order chi connectivity index (χ1) is 12.9. The Hall–Kier alpha value is -2.02. The molecule has 0 spiro atoms. The fraction of sp³-hybridized carbons (Fsp3) is 0.550. The molecule has 1 aliphatic rings. The number of alkyl halides is 3. The molecule has 4 nitrogen and oxygen atoms in total. The van der Waals surface area contributed by atoms with Gasteiger partial charge in [0, 0.05) is 30.2 Å². The van der Waals surface area contributed by atoms with Crippen LogP contribution in [0.2, 0.25) is 0 Å². The molecule has 1 heterocycles. The largest absolute Gasteiger partial charge is 0.417 e. The van der Waals surface area contributed by atoms with E-state index in [2.05, 4.69) is 5.32 Å². The Kier molecular flexibility index (Phi) is 6.09. The third-order valence-electron chi connectivity index (χ3n) is 5.32. The normalized spacial score (nSPS) is 16.4. The minimum atomic E-state index is -4.55. The molecule has 2 N–H and O–H groups in total. The number of nitrogens with one attached hydrogen (secondary N) is 1. The van der Waals surface area contributed by atoms with Gasteiger partial charge in [-0.05, 0) is 30.9 Å². The van der Waals surface area contributed by atoms with Crippen molar-refractivity contribution in [2.75, 3.05) is 13.2 Å². The lowest BCUT2D eigenvalue weighted by atomic mass is 10.00. The van der Waals surface area contributed by atoms with Crippen LogP contribution in [-0.4, -0.2) is 28.7 Å². The van der Waals surface area contributed by atoms with Crippen LogP contribution in [0.25, 0.3) is 10.9 Å². The maximum Gasteiger partial charge on any atom is 0.417 e. The van der Waals surface area contributed by atoms with Crippen molar-refractivity contribution >= 4 is 16.8 Å². The zero-order valence-electron chi connectivity index (χ0n) is 15.2. The lowest BCUT2D eigenvalue weighted by molar-refractivity contribution is -0.136. The van der Waals surface area contributed by atoms with Crippen molar-refractivity contribution in [1.82, 2.24) is 9.88 Å². The van der Waals surface area contributed by atoms with Crippen molar-refractivity contribution in [2.45, 2.75) is 51.2 Å². The zero-order valence-corrected chi connectivity index (χ0v) is 15.2. The van der Waals surface area contributed by atoms with E-state index in [4.69, 9.17) is 0 Å². The third-order valence-corrected chi connectivity index (χ3v) is 5.32. The summed E-state index contributed by atoms with van der Waals surface area (Å²) in [5, 5.41) is 12.0. The number of amides is 1. The highest BCUT2D eigenvalue weighted by molar-refractivity contribution is 6.08. The number of aliphatic hydroxyl groups excluding tert-OH is 1. The monoisotopic (exact) mass is 382 g/mol. The predicted molar refractivity (Wildman–Crippen MR) is 97.6 cm³/mol. The lowest BCUT2D eigenvalue weighted by Gasteiger charge is -2.15. The number of hydrogen-bond donors (Lipinski definition) is 2. The van der Waals surface area contributed by atoms with Crippen LogP contribution in [0.1, 0.15) is 54.4 Å². The SMILES string of the molecule is O=C(NCC1CCCCCC1)c1cn(CCO)c2cccc(C(F)(F)F)c12. The van der Waals surface area contributed by atoms with E-state index in [0.717, 1.165) is 31.7 Å². The van der Waals surface area contributed by atoms with Crippen LogP contribution in [0.5, 0.6) is 0 Å². The number of aliphatic hydroxyl groups is 1. The Balaban J connectivity index is 1.91. The summed E-state index contributed by atoms with van der Waals surface area (Å²) in [5.74, 6) is -0.109. The molecule has 0 aliphatic heterocycles. The smallest absolute Gasteiger partial charge is 0.395 e. The van der Waals surface area contributed by atoms with Gasteiger partial charge >= 0.3 is 6.18 Å². The molecular formula is C20H25F3N2O2. The minimum Gasteiger partial charge on any atom is -0.395 e. The molecule has 0 saturated heterocycles. The van der Waals surface area contributed by atoms with Gasteiger partial charge in [0.15, 0.2) is 0 Å². The Labute approximate surface area is 156 Å². The number of halogens is 3. The summed E-state index contributed by atoms with van der Waals surface area (Å²) >= 11 is 0. The van der Waals surface area contributed by atoms with Crippen molar-refractivity contribution < 1.29 is 23.1 Å². The average molecular weight is 382 g/mol. The molecule has 0 radical (unpaired) electrons. The Morgan fingerprint density at radius 3 is 2.52 bits per heavy atom. The molecule has 148 valence electrons. The minimum absolute atomic E-state index is 0.0139. The predicted octanol–water partition coefficient (Wildman–Crippen LogP) is 4.35. The molecular weight excluding hydrogens is 357 g/mol. The zero-order chi connectivity index (χ0) is 19.4. The molecule has 1 aliphatic carbocycles. The highest BCUT2D eigenvalue weighted by Crippen LogP contribution is 2.37. The fourth-order valence-corrected chi connectivity index (χ4v) is 3.95. The molecule has 0 atom stereocenters. The Morgan fingerprint density at radius 1 is 1.19 bits per heavy atom. The molecule has 3 rings (SSSR count). The highest BCUT2D eigenvalue weighted by Gasteiger charge is 2.35. The maximum absolute atomic E-state index is 13.5. The maximum atomic E-state index is 13.5. The summed E-state index contributed by atoms with van der Waals surface area (Å²) in [7, 11) is 0. The second-order valence-electron chi connectivity index (χ2n) is 7.22. The Morgan fingerprint density at radius 2 is 1.89 bits per heavy atom. The van der Waals surface area contributed by atoms with Crippen molar-refractivity contribution in [3.8, 4) is 0 Å². The van der Waals surface area contributed by atoms with E-state index >= 15 is 0 Å². The molecule has 0 bridgehead atoms. The quantitative estimate of drug-likeness (QED) is 0.756. The van der Waals surface area contributed by atoms with E-state index in [0.29, 0.717) is 18.0 Å². The molecule has 1 aromatic carbocycles. The van der Waals surface area contributed by atoms with E-state index in [1.807, 2.05) is 0 Å². The van der Waals surface area contributed by atoms with Gasteiger partial charge in [0.05, 0.1) is 17.7 Å². The molecule has 27 heavy (non-hydrogen) atoms. The summed E-state index contributed by atoms with van der Waals surface area (Å²) in [6.07, 6.45) is 3.62. The summed E-state index contributed by atoms with van der Waals surface area (Å²) in [6, 6.07) is 3.86. The van der Waals surface area contributed by atoms with Gasteiger partial charge < -0.3 is 15.0 Å². The van der Waals surface area contributed by atoms with Crippen LogP contribution in [0.4, 0.5) is 13.2 Å². The number of hydrogen-bond acceptors (Lipinski definition) is 2. The van der Waals surface area contributed by atoms with E-state index in [9.17, 15) is 23.1 Å². The second kappa shape index (κ2) is 8.33. The van der Waals surface area contributed by atoms with Gasteiger partial charge in [-0.2, -0.15) is 13.2 Å². The first-order valence-corrected chi connectivity index (χ1v) is 9.50. The number of nitrogens with zero attached hydrogens (tertiary/aromatic N) is 1.